The zero-order valence-electron chi connectivity index (χ0n) is 69.2. The molecule has 6 saturated heterocycles. The van der Waals surface area contributed by atoms with Gasteiger partial charge in [0, 0.05) is 102 Å². The van der Waals surface area contributed by atoms with E-state index in [1.54, 1.807) is 0 Å². The summed E-state index contributed by atoms with van der Waals surface area (Å²) >= 11 is 0. The van der Waals surface area contributed by atoms with Crippen LogP contribution in [0.5, 0.6) is 0 Å². The van der Waals surface area contributed by atoms with Crippen LogP contribution in [0.2, 0.25) is 0 Å². The quantitative estimate of drug-likeness (QED) is 0.114. The van der Waals surface area contributed by atoms with Gasteiger partial charge in [0.05, 0.1) is 86.5 Å². The molecule has 6 saturated carbocycles. The molecule has 112 heavy (non-hydrogen) atoms. The predicted molar refractivity (Wildman–Crippen MR) is 420 cm³/mol. The van der Waals surface area contributed by atoms with Gasteiger partial charge < -0.3 is 80.1 Å². The molecule has 6 aliphatic carbocycles. The number of rotatable bonds is 6. The number of hydrogen-bond acceptors (Lipinski definition) is 18. The Balaban J connectivity index is 0.000000187. The van der Waals surface area contributed by atoms with E-state index in [2.05, 4.69) is 41.5 Å². The van der Waals surface area contributed by atoms with Crippen molar-refractivity contribution in [2.75, 3.05) is 39.6 Å². The third-order valence-electron chi connectivity index (χ3n) is 23.2. The number of Topliss-reactive ketones (excluding diaryl/α,β-unsaturated/α-hetero) is 2. The molecule has 18 nitrogen and oxygen atoms in total. The van der Waals surface area contributed by atoms with Crippen molar-refractivity contribution < 1.29 is 149 Å². The molecule has 594 valence electrons. The second-order valence-corrected chi connectivity index (χ2v) is 34.2. The fraction of sp³-hybridized carbons (Fsp3) is 0.578. The summed E-state index contributed by atoms with van der Waals surface area (Å²) in [5.74, 6) is 3.35. The summed E-state index contributed by atoms with van der Waals surface area (Å²) in [6.07, 6.45) is 11.6. The van der Waals surface area contributed by atoms with Crippen molar-refractivity contribution in [2.45, 2.75) is 253 Å². The van der Waals surface area contributed by atoms with Crippen molar-refractivity contribution in [3.63, 3.8) is 0 Å². The minimum atomic E-state index is -0.380. The van der Waals surface area contributed by atoms with Crippen LogP contribution in [0.4, 0.5) is 0 Å². The number of aliphatic hydroxyl groups excluding tert-OH is 4. The molecule has 12 fully saturated rings. The second kappa shape index (κ2) is 41.7. The summed E-state index contributed by atoms with van der Waals surface area (Å²) < 4.78 is 71.4. The summed E-state index contributed by atoms with van der Waals surface area (Å²) in [5.41, 5.74) is 4.41. The van der Waals surface area contributed by atoms with Gasteiger partial charge in [0.2, 0.25) is 0 Å². The standard InChI is InChI=1S/4C15H20O3.2C15H18O3.2B.2Na.2H/c6*1-11-7-13(16)9-15(8-11)10-17-14(18-15)12-5-3-2-4-6-12;;;;;;/h4*2-6,11,13-14,16H,7-10H2,1H3;2*2-6,11,14H,7-10H2,1H3;;;;;;/q;;;;;;;;2*+1;2*-1/t11-,13+,14+,15+;11-,13+,14-,15+;11-,13-,14+,15+;11-,13-,14-,15+;11-,14+,15+;11-,14-,15+;;;;;;/m000000....../s1. The maximum Gasteiger partial charge on any atom is 1.00 e. The van der Waals surface area contributed by atoms with Crippen LogP contribution < -0.4 is 59.1 Å². The Kier molecular flexibility index (Phi) is 34.3. The average Bonchev–Trinajstić information content (AvgIpc) is 1.67. The molecule has 12 aliphatic rings. The molecule has 0 aromatic heterocycles. The molecule has 6 heterocycles. The molecular formula is C90H118B2Na2O18. The molecule has 18 rings (SSSR count). The van der Waals surface area contributed by atoms with Gasteiger partial charge in [-0.05, 0) is 99.7 Å². The molecule has 6 aromatic rings. The first kappa shape index (κ1) is 92.0. The van der Waals surface area contributed by atoms with Crippen molar-refractivity contribution >= 4 is 28.4 Å². The maximum absolute atomic E-state index is 11.7. The van der Waals surface area contributed by atoms with Gasteiger partial charge in [-0.3, -0.25) is 9.59 Å². The first-order valence-electron chi connectivity index (χ1n) is 39.8. The number of benzene rings is 6. The normalized spacial score (nSPS) is 37.5. The van der Waals surface area contributed by atoms with Gasteiger partial charge in [-0.15, -0.1) is 0 Å². The van der Waals surface area contributed by atoms with Crippen molar-refractivity contribution in [1.82, 2.24) is 0 Å². The van der Waals surface area contributed by atoms with E-state index in [0.717, 1.165) is 97.6 Å². The molecule has 6 radical (unpaired) electrons. The Bertz CT molecular complexity index is 3360. The molecule has 6 aliphatic heterocycles. The Morgan fingerprint density at radius 2 is 0.438 bits per heavy atom. The zero-order valence-corrected chi connectivity index (χ0v) is 71.2. The van der Waals surface area contributed by atoms with E-state index >= 15 is 0 Å². The number of ether oxygens (including phenoxy) is 12. The van der Waals surface area contributed by atoms with E-state index in [1.165, 1.54) is 0 Å². The minimum absolute atomic E-state index is 0. The molecule has 6 aromatic carbocycles. The van der Waals surface area contributed by atoms with Crippen LogP contribution in [0.25, 0.3) is 0 Å². The van der Waals surface area contributed by atoms with Gasteiger partial charge in [0.25, 0.3) is 0 Å². The molecular weight excluding hydrogens is 1440 g/mol. The van der Waals surface area contributed by atoms with Crippen LogP contribution in [0.15, 0.2) is 182 Å². The van der Waals surface area contributed by atoms with Crippen LogP contribution in [0, 0.1) is 35.5 Å². The van der Waals surface area contributed by atoms with Gasteiger partial charge in [-0.2, -0.15) is 0 Å². The Labute approximate surface area is 715 Å². The Morgan fingerprint density at radius 3 is 0.616 bits per heavy atom. The van der Waals surface area contributed by atoms with E-state index in [9.17, 15) is 30.0 Å². The molecule has 0 unspecified atom stereocenters. The zero-order chi connectivity index (χ0) is 75.5. The van der Waals surface area contributed by atoms with Crippen LogP contribution in [0.1, 0.15) is 231 Å². The summed E-state index contributed by atoms with van der Waals surface area (Å²) in [4.78, 5) is 23.5. The second-order valence-electron chi connectivity index (χ2n) is 34.2. The van der Waals surface area contributed by atoms with E-state index in [4.69, 9.17) is 56.8 Å². The van der Waals surface area contributed by atoms with Gasteiger partial charge in [-0.1, -0.05) is 224 Å². The van der Waals surface area contributed by atoms with Crippen molar-refractivity contribution in [3.8, 4) is 0 Å². The molecule has 0 amide bonds. The van der Waals surface area contributed by atoms with Crippen molar-refractivity contribution in [3.05, 3.63) is 215 Å². The number of carbonyl (C=O) groups is 2. The number of hydrogen-bond donors (Lipinski definition) is 4. The largest absolute Gasteiger partial charge is 1.00 e. The van der Waals surface area contributed by atoms with Crippen LogP contribution in [-0.4, -0.2) is 146 Å². The summed E-state index contributed by atoms with van der Waals surface area (Å²) in [7, 11) is 0. The van der Waals surface area contributed by atoms with Crippen molar-refractivity contribution in [1.29, 1.82) is 0 Å². The first-order chi connectivity index (χ1) is 52.0. The maximum atomic E-state index is 11.7. The summed E-state index contributed by atoms with van der Waals surface area (Å²) in [6.45, 7) is 16.3. The summed E-state index contributed by atoms with van der Waals surface area (Å²) in [6, 6.07) is 59.9. The molecule has 4 N–H and O–H groups in total. The van der Waals surface area contributed by atoms with E-state index < -0.39 is 0 Å². The van der Waals surface area contributed by atoms with Gasteiger partial charge in [0.15, 0.2) is 37.7 Å². The van der Waals surface area contributed by atoms with Crippen molar-refractivity contribution in [2.24, 2.45) is 35.5 Å². The van der Waals surface area contributed by atoms with Crippen LogP contribution in [0.3, 0.4) is 0 Å². The molecule has 22 atom stereocenters. The number of aliphatic hydroxyl groups is 4. The van der Waals surface area contributed by atoms with E-state index in [0.29, 0.717) is 138 Å². The summed E-state index contributed by atoms with van der Waals surface area (Å²) in [5, 5.41) is 39.7. The Hall–Kier alpha value is -3.85. The fourth-order valence-corrected chi connectivity index (χ4v) is 19.4. The third-order valence-corrected chi connectivity index (χ3v) is 23.2. The molecule has 6 spiro atoms. The monoisotopic (exact) mass is 1550 g/mol. The predicted octanol–water partition coefficient (Wildman–Crippen LogP) is 9.80. The third kappa shape index (κ3) is 24.7. The van der Waals surface area contributed by atoms with Gasteiger partial charge >= 0.3 is 59.1 Å². The number of ketones is 2. The average molecular weight is 1560 g/mol. The first-order valence-corrected chi connectivity index (χ1v) is 39.8. The topological polar surface area (TPSA) is 226 Å². The van der Waals surface area contributed by atoms with Gasteiger partial charge in [-0.25, -0.2) is 0 Å². The van der Waals surface area contributed by atoms with Crippen LogP contribution >= 0.6 is 0 Å². The fourth-order valence-electron chi connectivity index (χ4n) is 19.4. The molecule has 0 bridgehead atoms. The number of carbonyl (C=O) groups excluding carboxylic acids is 2. The SMILES string of the molecule is C[C@H]1CC(=O)C[C@@]2(CO[C@@H](c3ccccc3)O2)C1.C[C@H]1CC(=O)C[C@@]2(CO[C@H](c3ccccc3)O2)C1.C[C@H]1C[C@@H](O)C[C@@]2(CO[C@@H](c3ccccc3)O2)C1.C[C@H]1C[C@@H](O)C[C@@]2(CO[C@H](c3ccccc3)O2)C1.C[C@H]1C[C@H](O)C[C@@]2(CO[C@@H](c3ccccc3)O2)C1.C[C@H]1C[C@H](O)C[C@@]2(CO[C@H](c3ccccc3)O2)C1.[B].[B].[H-].[H-].[Na+].[Na+]. The molecule has 22 heteroatoms. The van der Waals surface area contributed by atoms with E-state index in [-0.39, 0.29) is 175 Å². The van der Waals surface area contributed by atoms with Gasteiger partial charge in [0.1, 0.15) is 22.8 Å². The van der Waals surface area contributed by atoms with Crippen LogP contribution in [-0.2, 0) is 66.4 Å². The Morgan fingerprint density at radius 1 is 0.268 bits per heavy atom. The minimum Gasteiger partial charge on any atom is -1.00 e. The smallest absolute Gasteiger partial charge is 1.00 e. The van der Waals surface area contributed by atoms with E-state index in [1.807, 2.05) is 182 Å².